The molecule has 0 heterocycles. The summed E-state index contributed by atoms with van der Waals surface area (Å²) in [6.07, 6.45) is -4.29. The Hall–Kier alpha value is -1.59. The van der Waals surface area contributed by atoms with Crippen molar-refractivity contribution in [2.75, 3.05) is 6.54 Å². The maximum atomic E-state index is 13.3. The fourth-order valence-electron chi connectivity index (χ4n) is 2.18. The molecule has 0 aliphatic carbocycles. The Bertz CT molecular complexity index is 582. The molecule has 2 atom stereocenters. The molecule has 0 spiro atoms. The topological polar surface area (TPSA) is 64.9 Å². The number of carbonyl (C=O) groups is 1. The summed E-state index contributed by atoms with van der Waals surface area (Å²) < 4.78 is 40.7. The number of carbonyl (C=O) groups excluding carboxylic acids is 1. The largest absolute Gasteiger partial charge is 0.412 e. The summed E-state index contributed by atoms with van der Waals surface area (Å²) in [5.74, 6) is -0.687. The first kappa shape index (κ1) is 20.5. The highest BCUT2D eigenvalue weighted by molar-refractivity contribution is 9.10. The van der Waals surface area contributed by atoms with Crippen LogP contribution in [0.25, 0.3) is 0 Å². The molecular weight excluding hydrogens is 387 g/mol. The third-order valence-electron chi connectivity index (χ3n) is 3.27. The molecule has 4 nitrogen and oxygen atoms in total. The third kappa shape index (κ3) is 6.49. The van der Waals surface area contributed by atoms with E-state index in [0.717, 1.165) is 0 Å². The first-order valence-electron chi connectivity index (χ1n) is 7.38. The number of nitriles is 1. The van der Waals surface area contributed by atoms with E-state index in [1.807, 2.05) is 19.9 Å². The highest BCUT2D eigenvalue weighted by atomic mass is 79.9. The molecular formula is C16H19BrF3N3O. The molecule has 0 fully saturated rings. The Morgan fingerprint density at radius 3 is 2.33 bits per heavy atom. The van der Waals surface area contributed by atoms with Crippen LogP contribution >= 0.6 is 15.9 Å². The molecule has 0 saturated heterocycles. The van der Waals surface area contributed by atoms with Crippen molar-refractivity contribution in [1.29, 1.82) is 5.26 Å². The molecule has 0 bridgehead atoms. The van der Waals surface area contributed by atoms with Gasteiger partial charge >= 0.3 is 6.18 Å². The van der Waals surface area contributed by atoms with Crippen molar-refractivity contribution < 1.29 is 18.0 Å². The van der Waals surface area contributed by atoms with Crippen molar-refractivity contribution in [1.82, 2.24) is 10.6 Å². The molecule has 1 unspecified atom stereocenters. The molecule has 0 saturated carbocycles. The minimum absolute atomic E-state index is 0.0531. The summed E-state index contributed by atoms with van der Waals surface area (Å²) in [5, 5.41) is 13.3. The second-order valence-corrected chi connectivity index (χ2v) is 6.67. The van der Waals surface area contributed by atoms with Crippen LogP contribution in [-0.4, -0.2) is 24.7 Å². The monoisotopic (exact) mass is 405 g/mol. The maximum absolute atomic E-state index is 13.3. The average molecular weight is 406 g/mol. The number of benzene rings is 1. The van der Waals surface area contributed by atoms with Crippen molar-refractivity contribution in [2.45, 2.75) is 38.5 Å². The number of nitrogens with zero attached hydrogens (tertiary/aromatic N) is 1. The lowest BCUT2D eigenvalue weighted by Crippen LogP contribution is -2.49. The van der Waals surface area contributed by atoms with Gasteiger partial charge in [0.2, 0.25) is 5.91 Å². The van der Waals surface area contributed by atoms with Gasteiger partial charge in [0.15, 0.2) is 6.04 Å². The van der Waals surface area contributed by atoms with Gasteiger partial charge in [-0.25, -0.2) is 0 Å². The lowest BCUT2D eigenvalue weighted by atomic mass is 10.0. The third-order valence-corrected chi connectivity index (χ3v) is 3.80. The molecule has 24 heavy (non-hydrogen) atoms. The number of hydrogen-bond donors (Lipinski definition) is 2. The number of amides is 1. The van der Waals surface area contributed by atoms with Crippen LogP contribution in [0.15, 0.2) is 28.7 Å². The van der Waals surface area contributed by atoms with E-state index in [0.29, 0.717) is 10.9 Å². The molecule has 0 aromatic heterocycles. The molecule has 1 aromatic rings. The number of rotatable bonds is 7. The predicted molar refractivity (Wildman–Crippen MR) is 87.9 cm³/mol. The van der Waals surface area contributed by atoms with E-state index in [-0.39, 0.29) is 18.0 Å². The lowest BCUT2D eigenvalue weighted by molar-refractivity contribution is -0.164. The Morgan fingerprint density at radius 1 is 1.29 bits per heavy atom. The van der Waals surface area contributed by atoms with Crippen LogP contribution in [0.2, 0.25) is 0 Å². The van der Waals surface area contributed by atoms with Crippen LogP contribution in [-0.2, 0) is 4.79 Å². The van der Waals surface area contributed by atoms with Gasteiger partial charge in [-0.15, -0.1) is 0 Å². The molecule has 0 aliphatic heterocycles. The van der Waals surface area contributed by atoms with Crippen molar-refractivity contribution in [3.8, 4) is 6.07 Å². The van der Waals surface area contributed by atoms with Crippen LogP contribution in [0.5, 0.6) is 0 Å². The summed E-state index contributed by atoms with van der Waals surface area (Å²) in [4.78, 5) is 12.3. The predicted octanol–water partition coefficient (Wildman–Crippen LogP) is 3.70. The second-order valence-electron chi connectivity index (χ2n) is 5.76. The van der Waals surface area contributed by atoms with Gasteiger partial charge in [-0.2, -0.15) is 18.4 Å². The molecule has 1 rings (SSSR count). The second kappa shape index (κ2) is 9.04. The SMILES string of the molecule is CC(C)C[C@H](NCC#N)C(=O)NC(c1ccc(Br)cc1)C(F)(F)F. The highest BCUT2D eigenvalue weighted by Gasteiger charge is 2.42. The molecule has 2 N–H and O–H groups in total. The Balaban J connectivity index is 2.97. The summed E-state index contributed by atoms with van der Waals surface area (Å²) in [6, 6.07) is 4.46. The molecule has 1 amide bonds. The van der Waals surface area contributed by atoms with Crippen LogP contribution in [0.3, 0.4) is 0 Å². The van der Waals surface area contributed by atoms with E-state index in [2.05, 4.69) is 26.6 Å². The summed E-state index contributed by atoms with van der Waals surface area (Å²) in [6.45, 7) is 3.59. The quantitative estimate of drug-likeness (QED) is 0.679. The summed E-state index contributed by atoms with van der Waals surface area (Å²) >= 11 is 3.17. The summed E-state index contributed by atoms with van der Waals surface area (Å²) in [5.41, 5.74) is -0.0531. The Labute approximate surface area is 147 Å². The van der Waals surface area contributed by atoms with Crippen LogP contribution in [0.1, 0.15) is 31.9 Å². The lowest BCUT2D eigenvalue weighted by Gasteiger charge is -2.26. The van der Waals surface area contributed by atoms with E-state index < -0.39 is 24.2 Å². The molecule has 8 heteroatoms. The number of nitrogens with one attached hydrogen (secondary N) is 2. The minimum Gasteiger partial charge on any atom is -0.339 e. The summed E-state index contributed by atoms with van der Waals surface area (Å²) in [7, 11) is 0. The van der Waals surface area contributed by atoms with E-state index in [4.69, 9.17) is 5.26 Å². The van der Waals surface area contributed by atoms with Crippen molar-refractivity contribution in [3.05, 3.63) is 34.3 Å². The number of alkyl halides is 3. The van der Waals surface area contributed by atoms with Gasteiger partial charge in [0, 0.05) is 4.47 Å². The minimum atomic E-state index is -4.62. The standard InChI is InChI=1S/C16H19BrF3N3O/c1-10(2)9-13(22-8-7-21)15(24)23-14(16(18,19)20)11-3-5-12(17)6-4-11/h3-6,10,13-14,22H,8-9H2,1-2H3,(H,23,24)/t13-,14?/m0/s1. The molecule has 0 radical (unpaired) electrons. The molecule has 1 aromatic carbocycles. The van der Waals surface area contributed by atoms with Crippen molar-refractivity contribution >= 4 is 21.8 Å². The van der Waals surface area contributed by atoms with Gasteiger partial charge < -0.3 is 5.32 Å². The number of halogens is 4. The zero-order valence-corrected chi connectivity index (χ0v) is 14.9. The van der Waals surface area contributed by atoms with Crippen LogP contribution in [0, 0.1) is 17.2 Å². The van der Waals surface area contributed by atoms with Crippen LogP contribution < -0.4 is 10.6 Å². The Morgan fingerprint density at radius 2 is 1.88 bits per heavy atom. The highest BCUT2D eigenvalue weighted by Crippen LogP contribution is 2.33. The van der Waals surface area contributed by atoms with Gasteiger partial charge in [0.1, 0.15) is 0 Å². The van der Waals surface area contributed by atoms with Gasteiger partial charge in [-0.1, -0.05) is 41.9 Å². The first-order chi connectivity index (χ1) is 11.1. The van der Waals surface area contributed by atoms with Gasteiger partial charge in [-0.05, 0) is 30.0 Å². The van der Waals surface area contributed by atoms with Crippen LogP contribution in [0.4, 0.5) is 13.2 Å². The van der Waals surface area contributed by atoms with E-state index in [9.17, 15) is 18.0 Å². The zero-order chi connectivity index (χ0) is 18.3. The van der Waals surface area contributed by atoms with Gasteiger partial charge in [-0.3, -0.25) is 10.1 Å². The fraction of sp³-hybridized carbons (Fsp3) is 0.500. The van der Waals surface area contributed by atoms with Crippen molar-refractivity contribution in [2.24, 2.45) is 5.92 Å². The van der Waals surface area contributed by atoms with E-state index in [1.165, 1.54) is 24.3 Å². The molecule has 0 aliphatic rings. The van der Waals surface area contributed by atoms with Gasteiger partial charge in [0.05, 0.1) is 18.7 Å². The smallest absolute Gasteiger partial charge is 0.339 e. The van der Waals surface area contributed by atoms with Gasteiger partial charge in [0.25, 0.3) is 0 Å². The maximum Gasteiger partial charge on any atom is 0.412 e. The van der Waals surface area contributed by atoms with E-state index >= 15 is 0 Å². The molecule has 132 valence electrons. The fourth-order valence-corrected chi connectivity index (χ4v) is 2.44. The van der Waals surface area contributed by atoms with E-state index in [1.54, 1.807) is 0 Å². The average Bonchev–Trinajstić information content (AvgIpc) is 2.48. The number of hydrogen-bond acceptors (Lipinski definition) is 3. The zero-order valence-electron chi connectivity index (χ0n) is 13.3. The normalized spacial score (nSPS) is 14.1. The first-order valence-corrected chi connectivity index (χ1v) is 8.17. The Kier molecular flexibility index (Phi) is 7.70. The van der Waals surface area contributed by atoms with Crippen molar-refractivity contribution in [3.63, 3.8) is 0 Å².